The molecule has 0 saturated carbocycles. The molecule has 0 aliphatic heterocycles. The lowest BCUT2D eigenvalue weighted by atomic mass is 10.1. The second-order valence-corrected chi connectivity index (χ2v) is 4.07. The number of rotatable bonds is 4. The molecular weight excluding hydrogens is 244 g/mol. The van der Waals surface area contributed by atoms with Crippen molar-refractivity contribution in [1.29, 1.82) is 0 Å². The van der Waals surface area contributed by atoms with Crippen LogP contribution in [0.4, 0.5) is 0 Å². The standard InChI is InChI=1S/C11H15BrO2/c1-3-6-14-11-5-4-9(8(2)13)7-10(11)12/h4-5,7-8,13H,3,6H2,1-2H3/t8-/m1/s1. The summed E-state index contributed by atoms with van der Waals surface area (Å²) in [7, 11) is 0. The maximum absolute atomic E-state index is 9.35. The third-order valence-electron chi connectivity index (χ3n) is 1.90. The molecule has 78 valence electrons. The first-order valence-electron chi connectivity index (χ1n) is 4.75. The van der Waals surface area contributed by atoms with Crippen LogP contribution in [0.15, 0.2) is 22.7 Å². The number of hydrogen-bond donors (Lipinski definition) is 1. The molecule has 0 aromatic heterocycles. The van der Waals surface area contributed by atoms with Gasteiger partial charge in [-0.1, -0.05) is 13.0 Å². The van der Waals surface area contributed by atoms with Crippen molar-refractivity contribution in [3.8, 4) is 5.75 Å². The normalized spacial score (nSPS) is 12.6. The van der Waals surface area contributed by atoms with Crippen LogP contribution in [0.3, 0.4) is 0 Å². The van der Waals surface area contributed by atoms with E-state index >= 15 is 0 Å². The lowest BCUT2D eigenvalue weighted by Gasteiger charge is -2.10. The Hall–Kier alpha value is -0.540. The van der Waals surface area contributed by atoms with Gasteiger partial charge >= 0.3 is 0 Å². The highest BCUT2D eigenvalue weighted by molar-refractivity contribution is 9.10. The highest BCUT2D eigenvalue weighted by atomic mass is 79.9. The van der Waals surface area contributed by atoms with Crippen LogP contribution in [0.1, 0.15) is 31.9 Å². The second-order valence-electron chi connectivity index (χ2n) is 3.21. The first-order chi connectivity index (χ1) is 6.65. The summed E-state index contributed by atoms with van der Waals surface area (Å²) in [6.07, 6.45) is 0.552. The van der Waals surface area contributed by atoms with E-state index in [0.29, 0.717) is 6.61 Å². The number of aliphatic hydroxyl groups is 1. The third kappa shape index (κ3) is 3.00. The Morgan fingerprint density at radius 2 is 2.21 bits per heavy atom. The molecule has 0 radical (unpaired) electrons. The van der Waals surface area contributed by atoms with Crippen molar-refractivity contribution in [2.45, 2.75) is 26.4 Å². The Bertz CT molecular complexity index is 297. The molecular formula is C11H15BrO2. The molecule has 1 aromatic carbocycles. The molecule has 1 atom stereocenters. The van der Waals surface area contributed by atoms with Crippen molar-refractivity contribution >= 4 is 15.9 Å². The van der Waals surface area contributed by atoms with E-state index in [-0.39, 0.29) is 0 Å². The number of halogens is 1. The molecule has 1 aromatic rings. The van der Waals surface area contributed by atoms with Gasteiger partial charge in [-0.05, 0) is 47.0 Å². The summed E-state index contributed by atoms with van der Waals surface area (Å²) in [6, 6.07) is 5.64. The Morgan fingerprint density at radius 1 is 1.50 bits per heavy atom. The number of aliphatic hydroxyl groups excluding tert-OH is 1. The van der Waals surface area contributed by atoms with E-state index in [4.69, 9.17) is 4.74 Å². The first-order valence-corrected chi connectivity index (χ1v) is 5.54. The van der Waals surface area contributed by atoms with Crippen molar-refractivity contribution in [1.82, 2.24) is 0 Å². The van der Waals surface area contributed by atoms with Gasteiger partial charge in [0.1, 0.15) is 5.75 Å². The monoisotopic (exact) mass is 258 g/mol. The molecule has 1 N–H and O–H groups in total. The van der Waals surface area contributed by atoms with Crippen LogP contribution in [0, 0.1) is 0 Å². The molecule has 0 saturated heterocycles. The van der Waals surface area contributed by atoms with Gasteiger partial charge in [-0.3, -0.25) is 0 Å². The molecule has 0 aliphatic rings. The molecule has 14 heavy (non-hydrogen) atoms. The van der Waals surface area contributed by atoms with Gasteiger partial charge < -0.3 is 9.84 Å². The van der Waals surface area contributed by atoms with Crippen molar-refractivity contribution in [3.05, 3.63) is 28.2 Å². The lowest BCUT2D eigenvalue weighted by Crippen LogP contribution is -1.97. The summed E-state index contributed by atoms with van der Waals surface area (Å²) in [5.41, 5.74) is 0.890. The van der Waals surface area contributed by atoms with Gasteiger partial charge in [0, 0.05) is 0 Å². The van der Waals surface area contributed by atoms with Gasteiger partial charge in [0.15, 0.2) is 0 Å². The van der Waals surface area contributed by atoms with Crippen LogP contribution in [0.2, 0.25) is 0 Å². The molecule has 0 heterocycles. The average Bonchev–Trinajstić information content (AvgIpc) is 2.15. The quantitative estimate of drug-likeness (QED) is 0.899. The smallest absolute Gasteiger partial charge is 0.133 e. The van der Waals surface area contributed by atoms with Crippen molar-refractivity contribution in [2.75, 3.05) is 6.61 Å². The minimum atomic E-state index is -0.438. The van der Waals surface area contributed by atoms with Crippen LogP contribution in [0.5, 0.6) is 5.75 Å². The minimum Gasteiger partial charge on any atom is -0.492 e. The molecule has 0 bridgehead atoms. The van der Waals surface area contributed by atoms with E-state index < -0.39 is 6.10 Å². The molecule has 2 nitrogen and oxygen atoms in total. The topological polar surface area (TPSA) is 29.5 Å². The zero-order chi connectivity index (χ0) is 10.6. The summed E-state index contributed by atoms with van der Waals surface area (Å²) in [5.74, 6) is 0.830. The number of benzene rings is 1. The summed E-state index contributed by atoms with van der Waals surface area (Å²) < 4.78 is 6.39. The van der Waals surface area contributed by atoms with Gasteiger partial charge in [-0.15, -0.1) is 0 Å². The zero-order valence-corrected chi connectivity index (χ0v) is 10.0. The maximum atomic E-state index is 9.35. The maximum Gasteiger partial charge on any atom is 0.133 e. The molecule has 0 unspecified atom stereocenters. The Balaban J connectivity index is 2.79. The Kier molecular flexibility index (Phi) is 4.42. The fourth-order valence-electron chi connectivity index (χ4n) is 1.11. The summed E-state index contributed by atoms with van der Waals surface area (Å²) in [6.45, 7) is 4.53. The molecule has 0 amide bonds. The van der Waals surface area contributed by atoms with Crippen molar-refractivity contribution in [3.63, 3.8) is 0 Å². The largest absolute Gasteiger partial charge is 0.492 e. The number of hydrogen-bond acceptors (Lipinski definition) is 2. The molecule has 0 fully saturated rings. The van der Waals surface area contributed by atoms with Gasteiger partial charge in [0.05, 0.1) is 17.2 Å². The van der Waals surface area contributed by atoms with Crippen LogP contribution in [0.25, 0.3) is 0 Å². The van der Waals surface area contributed by atoms with E-state index in [1.807, 2.05) is 18.2 Å². The summed E-state index contributed by atoms with van der Waals surface area (Å²) in [4.78, 5) is 0. The van der Waals surface area contributed by atoms with Crippen LogP contribution in [-0.2, 0) is 0 Å². The van der Waals surface area contributed by atoms with Crippen LogP contribution >= 0.6 is 15.9 Å². The predicted octanol–water partition coefficient (Wildman–Crippen LogP) is 3.29. The fourth-order valence-corrected chi connectivity index (χ4v) is 1.62. The molecule has 0 aliphatic carbocycles. The van der Waals surface area contributed by atoms with Crippen LogP contribution < -0.4 is 4.74 Å². The predicted molar refractivity (Wildman–Crippen MR) is 60.6 cm³/mol. The average molecular weight is 259 g/mol. The molecule has 1 rings (SSSR count). The van der Waals surface area contributed by atoms with Gasteiger partial charge in [0.2, 0.25) is 0 Å². The van der Waals surface area contributed by atoms with E-state index in [2.05, 4.69) is 22.9 Å². The highest BCUT2D eigenvalue weighted by Gasteiger charge is 2.05. The first kappa shape index (κ1) is 11.5. The van der Waals surface area contributed by atoms with E-state index in [1.165, 1.54) is 0 Å². The van der Waals surface area contributed by atoms with Crippen molar-refractivity contribution in [2.24, 2.45) is 0 Å². The van der Waals surface area contributed by atoms with Crippen LogP contribution in [-0.4, -0.2) is 11.7 Å². The van der Waals surface area contributed by atoms with Gasteiger partial charge in [-0.2, -0.15) is 0 Å². The SMILES string of the molecule is CCCOc1ccc([C@@H](C)O)cc1Br. The zero-order valence-electron chi connectivity index (χ0n) is 8.46. The molecule has 0 spiro atoms. The van der Waals surface area contributed by atoms with Gasteiger partial charge in [-0.25, -0.2) is 0 Å². The van der Waals surface area contributed by atoms with Crippen molar-refractivity contribution < 1.29 is 9.84 Å². The minimum absolute atomic E-state index is 0.438. The lowest BCUT2D eigenvalue weighted by molar-refractivity contribution is 0.199. The Labute approximate surface area is 93.0 Å². The van der Waals surface area contributed by atoms with Gasteiger partial charge in [0.25, 0.3) is 0 Å². The number of ether oxygens (including phenoxy) is 1. The second kappa shape index (κ2) is 5.37. The van der Waals surface area contributed by atoms with E-state index in [1.54, 1.807) is 6.92 Å². The van der Waals surface area contributed by atoms with E-state index in [9.17, 15) is 5.11 Å². The highest BCUT2D eigenvalue weighted by Crippen LogP contribution is 2.28. The fraction of sp³-hybridized carbons (Fsp3) is 0.455. The van der Waals surface area contributed by atoms with E-state index in [0.717, 1.165) is 22.2 Å². The Morgan fingerprint density at radius 3 is 2.71 bits per heavy atom. The summed E-state index contributed by atoms with van der Waals surface area (Å²) in [5, 5.41) is 9.35. The molecule has 3 heteroatoms. The third-order valence-corrected chi connectivity index (χ3v) is 2.52. The summed E-state index contributed by atoms with van der Waals surface area (Å²) >= 11 is 3.41.